The quantitative estimate of drug-likeness (QED) is 0.469. The number of nitrogens with one attached hydrogen (secondary N) is 1. The van der Waals surface area contributed by atoms with Crippen molar-refractivity contribution in [3.8, 4) is 11.5 Å². The van der Waals surface area contributed by atoms with Gasteiger partial charge in [0.1, 0.15) is 22.8 Å². The number of rotatable bonds is 8. The van der Waals surface area contributed by atoms with E-state index in [0.29, 0.717) is 19.4 Å². The first-order chi connectivity index (χ1) is 15.2. The van der Waals surface area contributed by atoms with Gasteiger partial charge in [-0.2, -0.15) is 0 Å². The summed E-state index contributed by atoms with van der Waals surface area (Å²) >= 11 is 0. The van der Waals surface area contributed by atoms with E-state index in [1.165, 1.54) is 0 Å². The molecule has 7 nitrogen and oxygen atoms in total. The van der Waals surface area contributed by atoms with Crippen LogP contribution in [0.2, 0.25) is 0 Å². The minimum Gasteiger partial charge on any atom is -0.497 e. The Morgan fingerprint density at radius 3 is 2.32 bits per heavy atom. The van der Waals surface area contributed by atoms with Crippen LogP contribution in [0.1, 0.15) is 17.8 Å². The zero-order valence-electron chi connectivity index (χ0n) is 17.5. The van der Waals surface area contributed by atoms with Gasteiger partial charge in [0.05, 0.1) is 20.8 Å². The molecule has 4 aromatic rings. The summed E-state index contributed by atoms with van der Waals surface area (Å²) in [5, 5.41) is 2.92. The van der Waals surface area contributed by atoms with E-state index in [-0.39, 0.29) is 5.91 Å². The second-order valence-corrected chi connectivity index (χ2v) is 7.09. The predicted octanol–water partition coefficient (Wildman–Crippen LogP) is 4.07. The summed E-state index contributed by atoms with van der Waals surface area (Å²) in [5.74, 6) is 2.32. The fourth-order valence-corrected chi connectivity index (χ4v) is 3.40. The van der Waals surface area contributed by atoms with E-state index in [9.17, 15) is 4.79 Å². The molecule has 0 fully saturated rings. The van der Waals surface area contributed by atoms with Gasteiger partial charge in [-0.25, -0.2) is 9.97 Å². The Kier molecular flexibility index (Phi) is 6.12. The summed E-state index contributed by atoms with van der Waals surface area (Å²) in [6.45, 7) is 0.618. The van der Waals surface area contributed by atoms with Crippen LogP contribution >= 0.6 is 0 Å². The molecular formula is C24H24N4O3. The molecule has 0 radical (unpaired) electrons. The molecule has 158 valence electrons. The number of hydrogen-bond acceptors (Lipinski definition) is 5. The van der Waals surface area contributed by atoms with Crippen LogP contribution in [-0.4, -0.2) is 34.7 Å². The van der Waals surface area contributed by atoms with Gasteiger partial charge in [-0.15, -0.1) is 0 Å². The minimum absolute atomic E-state index is 0.0684. The van der Waals surface area contributed by atoms with E-state index in [1.54, 1.807) is 20.4 Å². The standard InChI is InChI=1S/C24H24N4O3/c1-30-19-9-5-17(6-10-19)16-28-22(27-21-4-3-15-25-24(21)28)13-14-23(29)26-18-7-11-20(31-2)12-8-18/h3-12,15H,13-14,16H2,1-2H3,(H,26,29). The number of nitrogens with zero attached hydrogens (tertiary/aromatic N) is 3. The lowest BCUT2D eigenvalue weighted by atomic mass is 10.2. The van der Waals surface area contributed by atoms with E-state index < -0.39 is 0 Å². The predicted molar refractivity (Wildman–Crippen MR) is 120 cm³/mol. The number of fused-ring (bicyclic) bond motifs is 1. The van der Waals surface area contributed by atoms with Crippen molar-refractivity contribution in [3.05, 3.63) is 78.2 Å². The maximum atomic E-state index is 12.5. The second kappa shape index (κ2) is 9.30. The summed E-state index contributed by atoms with van der Waals surface area (Å²) in [5.41, 5.74) is 3.47. The van der Waals surface area contributed by atoms with Crippen molar-refractivity contribution in [1.29, 1.82) is 0 Å². The molecule has 2 aromatic heterocycles. The number of anilines is 1. The molecule has 0 bridgehead atoms. The maximum absolute atomic E-state index is 12.5. The highest BCUT2D eigenvalue weighted by atomic mass is 16.5. The molecule has 0 unspecified atom stereocenters. The Morgan fingerprint density at radius 2 is 1.65 bits per heavy atom. The maximum Gasteiger partial charge on any atom is 0.224 e. The molecule has 1 amide bonds. The Morgan fingerprint density at radius 1 is 0.968 bits per heavy atom. The van der Waals surface area contributed by atoms with Crippen LogP contribution in [0.3, 0.4) is 0 Å². The lowest BCUT2D eigenvalue weighted by Gasteiger charge is -2.10. The van der Waals surface area contributed by atoms with Crippen LogP contribution in [0.5, 0.6) is 11.5 Å². The zero-order valence-corrected chi connectivity index (χ0v) is 17.5. The molecule has 2 aromatic carbocycles. The molecule has 0 aliphatic carbocycles. The van der Waals surface area contributed by atoms with Crippen molar-refractivity contribution in [2.24, 2.45) is 0 Å². The van der Waals surface area contributed by atoms with E-state index in [1.807, 2.05) is 60.7 Å². The highest BCUT2D eigenvalue weighted by Gasteiger charge is 2.14. The fraction of sp³-hybridized carbons (Fsp3) is 0.208. The van der Waals surface area contributed by atoms with Gasteiger partial charge in [0.2, 0.25) is 5.91 Å². The van der Waals surface area contributed by atoms with E-state index in [4.69, 9.17) is 14.5 Å². The summed E-state index contributed by atoms with van der Waals surface area (Å²) in [6, 6.07) is 19.0. The molecule has 0 saturated heterocycles. The molecule has 0 atom stereocenters. The molecule has 0 spiro atoms. The Bertz CT molecular complexity index is 1170. The molecule has 0 aliphatic heterocycles. The van der Waals surface area contributed by atoms with Crippen molar-refractivity contribution in [2.75, 3.05) is 19.5 Å². The van der Waals surface area contributed by atoms with Crippen LogP contribution < -0.4 is 14.8 Å². The molecule has 7 heteroatoms. The number of ether oxygens (including phenoxy) is 2. The number of aromatic nitrogens is 3. The number of benzene rings is 2. The first kappa shape index (κ1) is 20.4. The van der Waals surface area contributed by atoms with Crippen molar-refractivity contribution >= 4 is 22.8 Å². The van der Waals surface area contributed by atoms with Gasteiger partial charge < -0.3 is 19.4 Å². The smallest absolute Gasteiger partial charge is 0.224 e. The summed E-state index contributed by atoms with van der Waals surface area (Å²) in [6.07, 6.45) is 2.58. The Hall–Kier alpha value is -3.87. The molecule has 0 saturated carbocycles. The fourth-order valence-electron chi connectivity index (χ4n) is 3.40. The van der Waals surface area contributed by atoms with Gasteiger partial charge in [-0.1, -0.05) is 12.1 Å². The number of amides is 1. The number of pyridine rings is 1. The summed E-state index contributed by atoms with van der Waals surface area (Å²) in [7, 11) is 3.26. The zero-order chi connectivity index (χ0) is 21.6. The minimum atomic E-state index is -0.0684. The highest BCUT2D eigenvalue weighted by molar-refractivity contribution is 5.90. The van der Waals surface area contributed by atoms with Crippen LogP contribution in [0.15, 0.2) is 66.9 Å². The third-order valence-electron chi connectivity index (χ3n) is 5.03. The summed E-state index contributed by atoms with van der Waals surface area (Å²) < 4.78 is 12.5. The van der Waals surface area contributed by atoms with Crippen molar-refractivity contribution < 1.29 is 14.3 Å². The van der Waals surface area contributed by atoms with E-state index >= 15 is 0 Å². The van der Waals surface area contributed by atoms with Gasteiger partial charge in [-0.3, -0.25) is 4.79 Å². The number of carbonyl (C=O) groups excluding carboxylic acids is 1. The number of aryl methyl sites for hydroxylation is 1. The van der Waals surface area contributed by atoms with Crippen molar-refractivity contribution in [3.63, 3.8) is 0 Å². The molecule has 2 heterocycles. The Balaban J connectivity index is 1.49. The van der Waals surface area contributed by atoms with Crippen LogP contribution in [0.4, 0.5) is 5.69 Å². The highest BCUT2D eigenvalue weighted by Crippen LogP contribution is 2.20. The third-order valence-corrected chi connectivity index (χ3v) is 5.03. The van der Waals surface area contributed by atoms with E-state index in [0.717, 1.165) is 39.7 Å². The SMILES string of the molecule is COc1ccc(Cn2c(CCC(=O)Nc3ccc(OC)cc3)nc3cccnc32)cc1. The number of methoxy groups -OCH3 is 2. The van der Waals surface area contributed by atoms with Crippen molar-refractivity contribution in [1.82, 2.24) is 14.5 Å². The number of imidazole rings is 1. The first-order valence-electron chi connectivity index (χ1n) is 10.0. The number of hydrogen-bond donors (Lipinski definition) is 1. The van der Waals surface area contributed by atoms with Crippen LogP contribution in [0, 0.1) is 0 Å². The second-order valence-electron chi connectivity index (χ2n) is 7.09. The van der Waals surface area contributed by atoms with Gasteiger partial charge >= 0.3 is 0 Å². The van der Waals surface area contributed by atoms with Gasteiger partial charge in [0.25, 0.3) is 0 Å². The number of carbonyl (C=O) groups is 1. The monoisotopic (exact) mass is 416 g/mol. The average Bonchev–Trinajstić information content (AvgIpc) is 3.16. The largest absolute Gasteiger partial charge is 0.497 e. The normalized spacial score (nSPS) is 10.8. The topological polar surface area (TPSA) is 78.3 Å². The average molecular weight is 416 g/mol. The van der Waals surface area contributed by atoms with Crippen LogP contribution in [-0.2, 0) is 17.8 Å². The molecule has 4 rings (SSSR count). The molecule has 1 N–H and O–H groups in total. The molecular weight excluding hydrogens is 392 g/mol. The summed E-state index contributed by atoms with van der Waals surface area (Å²) in [4.78, 5) is 21.7. The van der Waals surface area contributed by atoms with E-state index in [2.05, 4.69) is 14.9 Å². The Labute approximate surface area is 180 Å². The third kappa shape index (κ3) is 4.83. The van der Waals surface area contributed by atoms with Crippen molar-refractivity contribution in [2.45, 2.75) is 19.4 Å². The lowest BCUT2D eigenvalue weighted by Crippen LogP contribution is -2.14. The van der Waals surface area contributed by atoms with Crippen LogP contribution in [0.25, 0.3) is 11.2 Å². The van der Waals surface area contributed by atoms with Gasteiger partial charge in [-0.05, 0) is 54.1 Å². The van der Waals surface area contributed by atoms with Gasteiger partial charge in [0.15, 0.2) is 5.65 Å². The lowest BCUT2D eigenvalue weighted by molar-refractivity contribution is -0.116. The first-order valence-corrected chi connectivity index (χ1v) is 10.0. The molecule has 0 aliphatic rings. The molecule has 31 heavy (non-hydrogen) atoms. The van der Waals surface area contributed by atoms with Gasteiger partial charge in [0, 0.05) is 24.7 Å².